The van der Waals surface area contributed by atoms with Gasteiger partial charge >= 0.3 is 0 Å². The minimum absolute atomic E-state index is 0.169. The van der Waals surface area contributed by atoms with E-state index in [0.29, 0.717) is 12.6 Å². The van der Waals surface area contributed by atoms with Crippen LogP contribution in [0.25, 0.3) is 0 Å². The molecule has 1 fully saturated rings. The number of hydrogen-bond acceptors (Lipinski definition) is 3. The molecule has 1 aliphatic carbocycles. The summed E-state index contributed by atoms with van der Waals surface area (Å²) in [5.41, 5.74) is 7.81. The number of hydrogen-bond donors (Lipinski definition) is 2. The molecular formula is C12H17BrN2O. The molecule has 0 saturated heterocycles. The van der Waals surface area contributed by atoms with E-state index in [1.165, 1.54) is 19.3 Å². The molecule has 4 heteroatoms. The van der Waals surface area contributed by atoms with Crippen molar-refractivity contribution < 1.29 is 5.11 Å². The second kappa shape index (κ2) is 5.06. The molecule has 0 atom stereocenters. The van der Waals surface area contributed by atoms with Crippen LogP contribution in [0.5, 0.6) is 0 Å². The molecule has 16 heavy (non-hydrogen) atoms. The van der Waals surface area contributed by atoms with Crippen molar-refractivity contribution in [2.75, 3.05) is 23.8 Å². The van der Waals surface area contributed by atoms with Crippen LogP contribution in [-0.4, -0.2) is 24.3 Å². The summed E-state index contributed by atoms with van der Waals surface area (Å²) in [4.78, 5) is 2.23. The van der Waals surface area contributed by atoms with Gasteiger partial charge in [0.25, 0.3) is 0 Å². The molecule has 1 aromatic rings. The summed E-state index contributed by atoms with van der Waals surface area (Å²) in [6.45, 7) is 0.827. The molecule has 0 unspecified atom stereocenters. The molecule has 0 heterocycles. The first-order chi connectivity index (χ1) is 7.72. The van der Waals surface area contributed by atoms with Crippen molar-refractivity contribution in [2.24, 2.45) is 0 Å². The van der Waals surface area contributed by atoms with Gasteiger partial charge in [0.1, 0.15) is 0 Å². The summed E-state index contributed by atoms with van der Waals surface area (Å²) in [5.74, 6) is 0. The average molecular weight is 285 g/mol. The molecule has 1 saturated carbocycles. The Morgan fingerprint density at radius 1 is 1.44 bits per heavy atom. The Labute approximate surface area is 104 Å². The Hall–Kier alpha value is -0.740. The summed E-state index contributed by atoms with van der Waals surface area (Å²) in [5, 5.41) is 9.13. The number of aliphatic hydroxyl groups is 1. The third-order valence-electron chi connectivity index (χ3n) is 3.16. The largest absolute Gasteiger partial charge is 0.397 e. The highest BCUT2D eigenvalue weighted by Crippen LogP contribution is 2.34. The predicted octanol–water partition coefficient (Wildman–Crippen LogP) is 2.38. The van der Waals surface area contributed by atoms with Crippen molar-refractivity contribution in [3.63, 3.8) is 0 Å². The number of rotatable bonds is 4. The quantitative estimate of drug-likeness (QED) is 0.835. The molecule has 0 radical (unpaired) electrons. The maximum absolute atomic E-state index is 9.13. The minimum Gasteiger partial charge on any atom is -0.397 e. The monoisotopic (exact) mass is 284 g/mol. The molecule has 3 N–H and O–H groups in total. The Balaban J connectivity index is 2.25. The number of benzene rings is 1. The third kappa shape index (κ3) is 2.33. The zero-order valence-electron chi connectivity index (χ0n) is 9.19. The highest BCUT2D eigenvalue weighted by Gasteiger charge is 2.25. The van der Waals surface area contributed by atoms with E-state index in [4.69, 9.17) is 10.8 Å². The lowest BCUT2D eigenvalue weighted by Gasteiger charge is -2.39. The molecule has 1 aliphatic rings. The van der Waals surface area contributed by atoms with Gasteiger partial charge in [0.05, 0.1) is 18.0 Å². The summed E-state index contributed by atoms with van der Waals surface area (Å²) >= 11 is 3.46. The van der Waals surface area contributed by atoms with Crippen LogP contribution in [0.2, 0.25) is 0 Å². The van der Waals surface area contributed by atoms with Gasteiger partial charge in [-0.2, -0.15) is 0 Å². The Bertz CT molecular complexity index is 366. The molecule has 0 aromatic heterocycles. The standard InChI is InChI=1S/C12H17BrN2O/c13-9-4-5-11(14)12(8-9)15(6-7-16)10-2-1-3-10/h4-5,8,10,16H,1-3,6-7,14H2. The first-order valence-electron chi connectivity index (χ1n) is 5.65. The Morgan fingerprint density at radius 3 is 2.75 bits per heavy atom. The van der Waals surface area contributed by atoms with Crippen molar-refractivity contribution in [2.45, 2.75) is 25.3 Å². The van der Waals surface area contributed by atoms with Gasteiger partial charge in [-0.05, 0) is 37.5 Å². The normalized spacial score (nSPS) is 15.9. The van der Waals surface area contributed by atoms with E-state index in [9.17, 15) is 0 Å². The van der Waals surface area contributed by atoms with Crippen LogP contribution in [0.1, 0.15) is 19.3 Å². The van der Waals surface area contributed by atoms with Gasteiger partial charge in [-0.1, -0.05) is 15.9 Å². The van der Waals surface area contributed by atoms with Crippen molar-refractivity contribution in [3.8, 4) is 0 Å². The molecular weight excluding hydrogens is 268 g/mol. The average Bonchev–Trinajstić information content (AvgIpc) is 2.18. The minimum atomic E-state index is 0.169. The molecule has 0 spiro atoms. The third-order valence-corrected chi connectivity index (χ3v) is 3.65. The van der Waals surface area contributed by atoms with Crippen LogP contribution in [-0.2, 0) is 0 Å². The molecule has 88 valence electrons. The number of anilines is 2. The lowest BCUT2D eigenvalue weighted by Crippen LogP contribution is -2.42. The smallest absolute Gasteiger partial charge is 0.0614 e. The van der Waals surface area contributed by atoms with E-state index in [1.807, 2.05) is 18.2 Å². The SMILES string of the molecule is Nc1ccc(Br)cc1N(CCO)C1CCC1. The first-order valence-corrected chi connectivity index (χ1v) is 6.44. The van der Waals surface area contributed by atoms with E-state index in [2.05, 4.69) is 20.8 Å². The van der Waals surface area contributed by atoms with E-state index in [0.717, 1.165) is 15.8 Å². The lowest BCUT2D eigenvalue weighted by molar-refractivity contribution is 0.284. The van der Waals surface area contributed by atoms with Crippen molar-refractivity contribution in [3.05, 3.63) is 22.7 Å². The van der Waals surface area contributed by atoms with Crippen molar-refractivity contribution >= 4 is 27.3 Å². The van der Waals surface area contributed by atoms with Gasteiger partial charge in [-0.25, -0.2) is 0 Å². The van der Waals surface area contributed by atoms with Crippen LogP contribution in [0, 0.1) is 0 Å². The fourth-order valence-corrected chi connectivity index (χ4v) is 2.42. The molecule has 3 nitrogen and oxygen atoms in total. The maximum Gasteiger partial charge on any atom is 0.0614 e. The van der Waals surface area contributed by atoms with E-state index in [-0.39, 0.29) is 6.61 Å². The van der Waals surface area contributed by atoms with Gasteiger partial charge in [-0.15, -0.1) is 0 Å². The highest BCUT2D eigenvalue weighted by atomic mass is 79.9. The number of nitrogen functional groups attached to an aromatic ring is 1. The van der Waals surface area contributed by atoms with Gasteiger partial charge < -0.3 is 15.7 Å². The van der Waals surface area contributed by atoms with Crippen LogP contribution < -0.4 is 10.6 Å². The van der Waals surface area contributed by atoms with Gasteiger partial charge in [0.2, 0.25) is 0 Å². The predicted molar refractivity (Wildman–Crippen MR) is 70.6 cm³/mol. The maximum atomic E-state index is 9.13. The second-order valence-corrected chi connectivity index (χ2v) is 5.12. The zero-order valence-corrected chi connectivity index (χ0v) is 10.8. The van der Waals surface area contributed by atoms with Gasteiger partial charge in [0.15, 0.2) is 0 Å². The lowest BCUT2D eigenvalue weighted by atomic mass is 9.91. The van der Waals surface area contributed by atoms with E-state index >= 15 is 0 Å². The topological polar surface area (TPSA) is 49.5 Å². The number of aliphatic hydroxyl groups excluding tert-OH is 1. The number of halogens is 1. The van der Waals surface area contributed by atoms with Crippen molar-refractivity contribution in [1.82, 2.24) is 0 Å². The highest BCUT2D eigenvalue weighted by molar-refractivity contribution is 9.10. The van der Waals surface area contributed by atoms with E-state index < -0.39 is 0 Å². The fourth-order valence-electron chi connectivity index (χ4n) is 2.07. The molecule has 0 aliphatic heterocycles. The molecule has 1 aromatic carbocycles. The summed E-state index contributed by atoms with van der Waals surface area (Å²) in [7, 11) is 0. The molecule has 0 bridgehead atoms. The second-order valence-electron chi connectivity index (χ2n) is 4.20. The molecule has 2 rings (SSSR count). The summed E-state index contributed by atoms with van der Waals surface area (Å²) in [6.07, 6.45) is 3.68. The fraction of sp³-hybridized carbons (Fsp3) is 0.500. The van der Waals surface area contributed by atoms with E-state index in [1.54, 1.807) is 0 Å². The van der Waals surface area contributed by atoms with Crippen LogP contribution in [0.3, 0.4) is 0 Å². The zero-order chi connectivity index (χ0) is 11.5. The van der Waals surface area contributed by atoms with Crippen LogP contribution >= 0.6 is 15.9 Å². The Morgan fingerprint density at radius 2 is 2.19 bits per heavy atom. The summed E-state index contributed by atoms with van der Waals surface area (Å²) < 4.78 is 1.03. The van der Waals surface area contributed by atoms with Crippen LogP contribution in [0.15, 0.2) is 22.7 Å². The van der Waals surface area contributed by atoms with Gasteiger partial charge in [-0.3, -0.25) is 0 Å². The van der Waals surface area contributed by atoms with Crippen LogP contribution in [0.4, 0.5) is 11.4 Å². The van der Waals surface area contributed by atoms with Crippen molar-refractivity contribution in [1.29, 1.82) is 0 Å². The first kappa shape index (κ1) is 11.7. The number of nitrogens with two attached hydrogens (primary N) is 1. The number of nitrogens with zero attached hydrogens (tertiary/aromatic N) is 1. The van der Waals surface area contributed by atoms with Gasteiger partial charge in [0, 0.05) is 17.1 Å². The molecule has 0 amide bonds. The Kier molecular flexibility index (Phi) is 3.71. The summed E-state index contributed by atoms with van der Waals surface area (Å²) in [6, 6.07) is 6.42.